The van der Waals surface area contributed by atoms with Crippen molar-refractivity contribution in [1.82, 2.24) is 9.62 Å². The van der Waals surface area contributed by atoms with E-state index in [1.54, 1.807) is 26.0 Å². The first kappa shape index (κ1) is 22.9. The first-order valence-electron chi connectivity index (χ1n) is 9.02. The van der Waals surface area contributed by atoms with Crippen LogP contribution in [0.5, 0.6) is 0 Å². The molecule has 1 amide bonds. The van der Waals surface area contributed by atoms with Crippen molar-refractivity contribution in [3.05, 3.63) is 35.9 Å². The molecule has 1 aromatic rings. The van der Waals surface area contributed by atoms with E-state index in [9.17, 15) is 18.0 Å². The Balaban J connectivity index is 2.72. The van der Waals surface area contributed by atoms with Crippen LogP contribution in [0, 0.1) is 0 Å². The molecule has 0 spiro atoms. The quantitative estimate of drug-likeness (QED) is 0.483. The van der Waals surface area contributed by atoms with E-state index in [1.165, 1.54) is 35.5 Å². The van der Waals surface area contributed by atoms with Gasteiger partial charge in [0.25, 0.3) is 5.91 Å². The number of hydrogen-bond donors (Lipinski definition) is 1. The van der Waals surface area contributed by atoms with Gasteiger partial charge in [-0.3, -0.25) is 4.79 Å². The van der Waals surface area contributed by atoms with Gasteiger partial charge in [-0.2, -0.15) is 4.31 Å². The van der Waals surface area contributed by atoms with Crippen LogP contribution in [0.3, 0.4) is 0 Å². The second-order valence-electron chi connectivity index (χ2n) is 5.86. The highest BCUT2D eigenvalue weighted by Crippen LogP contribution is 2.16. The van der Waals surface area contributed by atoms with E-state index >= 15 is 0 Å². The lowest BCUT2D eigenvalue weighted by Gasteiger charge is -2.18. The monoisotopic (exact) mass is 396 g/mol. The standard InChI is InChI=1S/C19H28N2O5S/c1-5-14-20-19(23)15(4)26-18(22)13-10-16-8-11-17(12-9-16)27(24,25)21(6-2)7-3/h8-13,15H,5-7,14H2,1-4H3,(H,20,23)/b13-10+. The molecule has 0 fully saturated rings. The van der Waals surface area contributed by atoms with Crippen molar-refractivity contribution in [2.45, 2.75) is 45.1 Å². The fraction of sp³-hybridized carbons (Fsp3) is 0.474. The first-order valence-corrected chi connectivity index (χ1v) is 10.5. The van der Waals surface area contributed by atoms with Gasteiger partial charge < -0.3 is 10.1 Å². The zero-order chi connectivity index (χ0) is 20.4. The molecule has 1 atom stereocenters. The van der Waals surface area contributed by atoms with E-state index in [1.807, 2.05) is 6.92 Å². The topological polar surface area (TPSA) is 92.8 Å². The lowest BCUT2D eigenvalue weighted by Crippen LogP contribution is -2.35. The molecule has 1 rings (SSSR count). The predicted molar refractivity (Wildman–Crippen MR) is 104 cm³/mol. The number of benzene rings is 1. The van der Waals surface area contributed by atoms with Gasteiger partial charge in [0.2, 0.25) is 10.0 Å². The lowest BCUT2D eigenvalue weighted by molar-refractivity contribution is -0.150. The van der Waals surface area contributed by atoms with E-state index in [0.29, 0.717) is 25.2 Å². The molecular weight excluding hydrogens is 368 g/mol. The van der Waals surface area contributed by atoms with E-state index in [-0.39, 0.29) is 10.8 Å². The highest BCUT2D eigenvalue weighted by Gasteiger charge is 2.21. The van der Waals surface area contributed by atoms with Gasteiger partial charge >= 0.3 is 5.97 Å². The summed E-state index contributed by atoms with van der Waals surface area (Å²) >= 11 is 0. The molecule has 27 heavy (non-hydrogen) atoms. The zero-order valence-electron chi connectivity index (χ0n) is 16.3. The summed E-state index contributed by atoms with van der Waals surface area (Å²) in [6, 6.07) is 6.22. The van der Waals surface area contributed by atoms with E-state index in [2.05, 4.69) is 5.32 Å². The van der Waals surface area contributed by atoms with Crippen molar-refractivity contribution in [3.63, 3.8) is 0 Å². The van der Waals surface area contributed by atoms with Crippen LogP contribution >= 0.6 is 0 Å². The molecule has 0 heterocycles. The Morgan fingerprint density at radius 3 is 2.26 bits per heavy atom. The van der Waals surface area contributed by atoms with Crippen molar-refractivity contribution < 1.29 is 22.7 Å². The van der Waals surface area contributed by atoms with Gasteiger partial charge in [-0.25, -0.2) is 13.2 Å². The van der Waals surface area contributed by atoms with Gasteiger partial charge in [0.15, 0.2) is 6.10 Å². The highest BCUT2D eigenvalue weighted by atomic mass is 32.2. The zero-order valence-corrected chi connectivity index (χ0v) is 17.1. The summed E-state index contributed by atoms with van der Waals surface area (Å²) in [5.74, 6) is -0.987. The summed E-state index contributed by atoms with van der Waals surface area (Å²) in [7, 11) is -3.51. The average molecular weight is 397 g/mol. The molecule has 0 aliphatic heterocycles. The van der Waals surface area contributed by atoms with Gasteiger partial charge in [-0.1, -0.05) is 32.9 Å². The fourth-order valence-corrected chi connectivity index (χ4v) is 3.74. The van der Waals surface area contributed by atoms with Gasteiger partial charge in [-0.05, 0) is 37.1 Å². The molecular formula is C19H28N2O5S. The second kappa shape index (κ2) is 10.8. The number of amides is 1. The third-order valence-corrected chi connectivity index (χ3v) is 5.91. The normalized spacial score (nSPS) is 12.9. The molecule has 1 N–H and O–H groups in total. The lowest BCUT2D eigenvalue weighted by atomic mass is 10.2. The molecule has 0 aliphatic rings. The van der Waals surface area contributed by atoms with Gasteiger partial charge in [0, 0.05) is 25.7 Å². The Hall–Kier alpha value is -2.19. The average Bonchev–Trinajstić information content (AvgIpc) is 2.65. The molecule has 150 valence electrons. The van der Waals surface area contributed by atoms with Crippen LogP contribution in [0.1, 0.15) is 39.7 Å². The highest BCUT2D eigenvalue weighted by molar-refractivity contribution is 7.89. The van der Waals surface area contributed by atoms with Gasteiger partial charge in [0.05, 0.1) is 4.90 Å². The summed E-state index contributed by atoms with van der Waals surface area (Å²) in [5.41, 5.74) is 0.647. The van der Waals surface area contributed by atoms with Crippen LogP contribution in [-0.2, 0) is 24.3 Å². The molecule has 8 heteroatoms. The maximum absolute atomic E-state index is 12.4. The minimum Gasteiger partial charge on any atom is -0.449 e. The second-order valence-corrected chi connectivity index (χ2v) is 7.80. The molecule has 7 nitrogen and oxygen atoms in total. The summed E-state index contributed by atoms with van der Waals surface area (Å²) in [5, 5.41) is 2.65. The van der Waals surface area contributed by atoms with Crippen molar-refractivity contribution >= 4 is 28.0 Å². The summed E-state index contributed by atoms with van der Waals surface area (Å²) < 4.78 is 31.3. The minimum atomic E-state index is -3.51. The number of hydrogen-bond acceptors (Lipinski definition) is 5. The van der Waals surface area contributed by atoms with Crippen molar-refractivity contribution in [3.8, 4) is 0 Å². The maximum atomic E-state index is 12.4. The first-order chi connectivity index (χ1) is 12.8. The molecule has 0 aromatic heterocycles. The molecule has 1 unspecified atom stereocenters. The number of ether oxygens (including phenoxy) is 1. The summed E-state index contributed by atoms with van der Waals surface area (Å²) in [4.78, 5) is 23.7. The molecule has 1 aromatic carbocycles. The van der Waals surface area contributed by atoms with E-state index < -0.39 is 22.1 Å². The van der Waals surface area contributed by atoms with E-state index in [4.69, 9.17) is 4.74 Å². The minimum absolute atomic E-state index is 0.201. The molecule has 0 aliphatic carbocycles. The number of carbonyl (C=O) groups excluding carboxylic acids is 2. The fourth-order valence-electron chi connectivity index (χ4n) is 2.29. The van der Waals surface area contributed by atoms with Crippen molar-refractivity contribution in [2.24, 2.45) is 0 Å². The molecule has 0 radical (unpaired) electrons. The summed E-state index contributed by atoms with van der Waals surface area (Å²) in [6.07, 6.45) is 2.63. The number of carbonyl (C=O) groups is 2. The molecule has 0 bridgehead atoms. The third-order valence-electron chi connectivity index (χ3n) is 3.85. The number of nitrogens with one attached hydrogen (secondary N) is 1. The van der Waals surface area contributed by atoms with Gasteiger partial charge in [-0.15, -0.1) is 0 Å². The van der Waals surface area contributed by atoms with Gasteiger partial charge in [0.1, 0.15) is 0 Å². The number of rotatable bonds is 10. The van der Waals surface area contributed by atoms with E-state index in [0.717, 1.165) is 6.42 Å². The maximum Gasteiger partial charge on any atom is 0.331 e. The van der Waals surface area contributed by atoms with Crippen LogP contribution in [0.2, 0.25) is 0 Å². The smallest absolute Gasteiger partial charge is 0.331 e. The Morgan fingerprint density at radius 1 is 1.15 bits per heavy atom. The van der Waals surface area contributed by atoms with Crippen LogP contribution in [0.25, 0.3) is 6.08 Å². The number of esters is 1. The number of nitrogens with zero attached hydrogens (tertiary/aromatic N) is 1. The van der Waals surface area contributed by atoms with Crippen molar-refractivity contribution in [1.29, 1.82) is 0 Å². The predicted octanol–water partition coefficient (Wildman–Crippen LogP) is 2.19. The Morgan fingerprint density at radius 2 is 1.74 bits per heavy atom. The van der Waals surface area contributed by atoms with Crippen LogP contribution in [0.15, 0.2) is 35.2 Å². The van der Waals surface area contributed by atoms with Crippen LogP contribution < -0.4 is 5.32 Å². The van der Waals surface area contributed by atoms with Crippen molar-refractivity contribution in [2.75, 3.05) is 19.6 Å². The van der Waals surface area contributed by atoms with Crippen LogP contribution in [0.4, 0.5) is 0 Å². The Labute approximate surface area is 161 Å². The Kier molecular flexibility index (Phi) is 9.17. The Bertz CT molecular complexity index is 753. The van der Waals surface area contributed by atoms with Crippen LogP contribution in [-0.4, -0.2) is 50.3 Å². The largest absolute Gasteiger partial charge is 0.449 e. The molecule has 0 saturated carbocycles. The number of sulfonamides is 1. The third kappa shape index (κ3) is 6.80. The summed E-state index contributed by atoms with van der Waals surface area (Å²) in [6.45, 7) is 8.33. The SMILES string of the molecule is CCCNC(=O)C(C)OC(=O)/C=C/c1ccc(S(=O)(=O)N(CC)CC)cc1. The molecule has 0 saturated heterocycles.